The Morgan fingerprint density at radius 3 is 2.06 bits per heavy atom. The molecule has 5 nitrogen and oxygen atoms in total. The fourth-order valence-electron chi connectivity index (χ4n) is 8.21. The molecule has 5 heteroatoms. The zero-order valence-electron chi connectivity index (χ0n) is 25.9. The first kappa shape index (κ1) is 25.4. The maximum absolute atomic E-state index is 6.51. The van der Waals surface area contributed by atoms with Crippen molar-refractivity contribution in [3.63, 3.8) is 0 Å². The highest BCUT2D eigenvalue weighted by Crippen LogP contribution is 2.45. The first-order chi connectivity index (χ1) is 24.3. The van der Waals surface area contributed by atoms with Crippen molar-refractivity contribution in [3.05, 3.63) is 140 Å². The van der Waals surface area contributed by atoms with E-state index in [1.165, 1.54) is 10.8 Å². The van der Waals surface area contributed by atoms with E-state index >= 15 is 0 Å². The molecule has 0 fully saturated rings. The third kappa shape index (κ3) is 3.28. The van der Waals surface area contributed by atoms with Gasteiger partial charge in [0.25, 0.3) is 0 Å². The van der Waals surface area contributed by atoms with E-state index in [2.05, 4.69) is 120 Å². The number of hydrogen-bond donors (Lipinski definition) is 0. The van der Waals surface area contributed by atoms with Crippen LogP contribution in [0.5, 0.6) is 0 Å². The summed E-state index contributed by atoms with van der Waals surface area (Å²) in [5.41, 5.74) is 8.45. The van der Waals surface area contributed by atoms with Crippen LogP contribution in [0.15, 0.2) is 148 Å². The molecule has 0 unspecified atom stereocenters. The van der Waals surface area contributed by atoms with Crippen molar-refractivity contribution in [3.8, 4) is 17.2 Å². The minimum absolute atomic E-state index is 0.632. The molecule has 0 bridgehead atoms. The lowest BCUT2D eigenvalue weighted by Crippen LogP contribution is -2.03. The van der Waals surface area contributed by atoms with Gasteiger partial charge in [0, 0.05) is 48.7 Å². The monoisotopic (exact) mass is 625 g/mol. The van der Waals surface area contributed by atoms with Crippen LogP contribution >= 0.6 is 0 Å². The van der Waals surface area contributed by atoms with E-state index in [1.54, 1.807) is 0 Å². The molecule has 4 aromatic heterocycles. The molecule has 0 radical (unpaired) electrons. The van der Waals surface area contributed by atoms with Crippen LogP contribution in [0.25, 0.3) is 115 Å². The van der Waals surface area contributed by atoms with Crippen LogP contribution in [0.2, 0.25) is 0 Å². The van der Waals surface area contributed by atoms with Crippen molar-refractivity contribution in [2.45, 2.75) is 0 Å². The lowest BCUT2D eigenvalue weighted by Gasteiger charge is -2.14. The van der Waals surface area contributed by atoms with E-state index in [0.717, 1.165) is 98.6 Å². The van der Waals surface area contributed by atoms with Crippen LogP contribution in [0, 0.1) is 0 Å². The SMILES string of the molecule is c1ccc2c(c1)ccc1nc(-n3c4cccc5ccc6c7oc8ccccc8c7cc3c6c54)nc(-c3ccc4oc5ccccc5c4c3)c12. The highest BCUT2D eigenvalue weighted by atomic mass is 16.3. The number of fused-ring (bicyclic) bond motifs is 10. The van der Waals surface area contributed by atoms with Gasteiger partial charge in [0.05, 0.1) is 22.2 Å². The second-order valence-corrected chi connectivity index (χ2v) is 12.9. The summed E-state index contributed by atoms with van der Waals surface area (Å²) < 4.78 is 15.0. The molecule has 4 heterocycles. The maximum Gasteiger partial charge on any atom is 0.235 e. The predicted octanol–water partition coefficient (Wildman–Crippen LogP) is 11.9. The van der Waals surface area contributed by atoms with E-state index in [4.69, 9.17) is 18.8 Å². The molecule has 8 aromatic carbocycles. The minimum Gasteiger partial charge on any atom is -0.456 e. The first-order valence-electron chi connectivity index (χ1n) is 16.5. The smallest absolute Gasteiger partial charge is 0.235 e. The Hall–Kier alpha value is -6.72. The van der Waals surface area contributed by atoms with Crippen LogP contribution in [0.4, 0.5) is 0 Å². The topological polar surface area (TPSA) is 57.0 Å². The summed E-state index contributed by atoms with van der Waals surface area (Å²) in [5, 5.41) is 12.3. The number of hydrogen-bond acceptors (Lipinski definition) is 4. The summed E-state index contributed by atoms with van der Waals surface area (Å²) in [6.45, 7) is 0. The predicted molar refractivity (Wildman–Crippen MR) is 200 cm³/mol. The molecule has 0 saturated heterocycles. The van der Waals surface area contributed by atoms with Gasteiger partial charge in [0.2, 0.25) is 5.95 Å². The van der Waals surface area contributed by atoms with Crippen molar-refractivity contribution in [2.24, 2.45) is 0 Å². The molecule has 49 heavy (non-hydrogen) atoms. The lowest BCUT2D eigenvalue weighted by atomic mass is 9.99. The number of para-hydroxylation sites is 2. The van der Waals surface area contributed by atoms with E-state index in [9.17, 15) is 0 Å². The zero-order chi connectivity index (χ0) is 31.8. The minimum atomic E-state index is 0.632. The van der Waals surface area contributed by atoms with Gasteiger partial charge in [0.15, 0.2) is 0 Å². The van der Waals surface area contributed by atoms with E-state index in [1.807, 2.05) is 24.3 Å². The van der Waals surface area contributed by atoms with Gasteiger partial charge in [-0.15, -0.1) is 0 Å². The first-order valence-corrected chi connectivity index (χ1v) is 16.5. The van der Waals surface area contributed by atoms with Crippen molar-refractivity contribution >= 4 is 98.1 Å². The third-order valence-corrected chi connectivity index (χ3v) is 10.3. The molecule has 0 spiro atoms. The molecule has 0 aliphatic heterocycles. The quantitative estimate of drug-likeness (QED) is 0.179. The summed E-state index contributed by atoms with van der Waals surface area (Å²) >= 11 is 0. The second kappa shape index (κ2) is 9.00. The van der Waals surface area contributed by atoms with Gasteiger partial charge in [0.1, 0.15) is 22.3 Å². The van der Waals surface area contributed by atoms with Crippen molar-refractivity contribution in [2.75, 3.05) is 0 Å². The molecular weight excluding hydrogens is 603 g/mol. The molecule has 12 rings (SSSR count). The van der Waals surface area contributed by atoms with Gasteiger partial charge < -0.3 is 8.83 Å². The van der Waals surface area contributed by atoms with Gasteiger partial charge in [-0.2, -0.15) is 0 Å². The molecule has 0 N–H and O–H groups in total. The Morgan fingerprint density at radius 1 is 0.429 bits per heavy atom. The molecular formula is C44H23N3O2. The third-order valence-electron chi connectivity index (χ3n) is 10.3. The molecule has 0 amide bonds. The second-order valence-electron chi connectivity index (χ2n) is 12.9. The number of furan rings is 2. The lowest BCUT2D eigenvalue weighted by molar-refractivity contribution is 0.669. The van der Waals surface area contributed by atoms with Gasteiger partial charge >= 0.3 is 0 Å². The van der Waals surface area contributed by atoms with Gasteiger partial charge in [-0.1, -0.05) is 84.9 Å². The fourth-order valence-corrected chi connectivity index (χ4v) is 8.21. The Bertz CT molecular complexity index is 3340. The van der Waals surface area contributed by atoms with Crippen LogP contribution in [-0.4, -0.2) is 14.5 Å². The Balaban J connectivity index is 1.24. The Labute approximate surface area is 277 Å². The fraction of sp³-hybridized carbons (Fsp3) is 0. The number of rotatable bonds is 2. The van der Waals surface area contributed by atoms with E-state index < -0.39 is 0 Å². The van der Waals surface area contributed by atoms with Crippen molar-refractivity contribution in [1.82, 2.24) is 14.5 Å². The van der Waals surface area contributed by atoms with Crippen LogP contribution < -0.4 is 0 Å². The standard InChI is InChI=1S/C44H23N3O2/c1-2-10-27-24(8-1)17-20-33-40(27)42(26-18-21-38-31(22-26)28-11-3-5-14-36(28)48-38)46-44(45-33)47-34-13-7-9-25-16-19-30-41(39(25)34)35(47)23-32-29-12-4-6-15-37(29)49-43(30)32/h1-23H. The van der Waals surface area contributed by atoms with Crippen molar-refractivity contribution in [1.29, 1.82) is 0 Å². The molecule has 12 aromatic rings. The number of benzene rings is 8. The van der Waals surface area contributed by atoms with Gasteiger partial charge in [-0.25, -0.2) is 9.97 Å². The molecule has 0 atom stereocenters. The molecule has 0 aliphatic rings. The number of aromatic nitrogens is 3. The summed E-state index contributed by atoms with van der Waals surface area (Å²) in [5.74, 6) is 0.632. The van der Waals surface area contributed by atoms with Crippen molar-refractivity contribution < 1.29 is 8.83 Å². The number of nitrogens with zero attached hydrogens (tertiary/aromatic N) is 3. The van der Waals surface area contributed by atoms with E-state index in [0.29, 0.717) is 5.95 Å². The summed E-state index contributed by atoms with van der Waals surface area (Å²) in [7, 11) is 0. The van der Waals surface area contributed by atoms with Gasteiger partial charge in [-0.3, -0.25) is 4.57 Å². The maximum atomic E-state index is 6.51. The highest BCUT2D eigenvalue weighted by Gasteiger charge is 2.24. The highest BCUT2D eigenvalue weighted by molar-refractivity contribution is 6.31. The van der Waals surface area contributed by atoms with Gasteiger partial charge in [-0.05, 0) is 70.8 Å². The summed E-state index contributed by atoms with van der Waals surface area (Å²) in [6, 6.07) is 48.8. The van der Waals surface area contributed by atoms with Crippen LogP contribution in [0.3, 0.4) is 0 Å². The zero-order valence-corrected chi connectivity index (χ0v) is 25.9. The van der Waals surface area contributed by atoms with Crippen LogP contribution in [0.1, 0.15) is 0 Å². The Kier molecular flexibility index (Phi) is 4.66. The average Bonchev–Trinajstić information content (AvgIpc) is 3.83. The molecule has 226 valence electrons. The summed E-state index contributed by atoms with van der Waals surface area (Å²) in [4.78, 5) is 10.9. The molecule has 0 aliphatic carbocycles. The summed E-state index contributed by atoms with van der Waals surface area (Å²) in [6.07, 6.45) is 0. The Morgan fingerprint density at radius 2 is 1.16 bits per heavy atom. The normalized spacial score (nSPS) is 12.5. The largest absolute Gasteiger partial charge is 0.456 e. The van der Waals surface area contributed by atoms with Crippen LogP contribution in [-0.2, 0) is 0 Å². The molecule has 0 saturated carbocycles. The average molecular weight is 626 g/mol. The van der Waals surface area contributed by atoms with E-state index in [-0.39, 0.29) is 0 Å².